The van der Waals surface area contributed by atoms with Crippen molar-refractivity contribution in [2.75, 3.05) is 11.9 Å². The molecule has 0 radical (unpaired) electrons. The standard InChI is InChI=1S/C13H16N2O4/c1-13(2)6-8(13)7-14-11-5-9(15(18)19)3-4-10(11)12(16)17/h3-5,8,14H,6-7H2,1-2H3,(H,16,17). The fourth-order valence-corrected chi connectivity index (χ4v) is 2.14. The van der Waals surface area contributed by atoms with Gasteiger partial charge in [-0.3, -0.25) is 10.1 Å². The Balaban J connectivity index is 2.18. The molecular weight excluding hydrogens is 248 g/mol. The van der Waals surface area contributed by atoms with Crippen molar-refractivity contribution in [2.24, 2.45) is 11.3 Å². The summed E-state index contributed by atoms with van der Waals surface area (Å²) < 4.78 is 0. The Morgan fingerprint density at radius 1 is 1.58 bits per heavy atom. The Labute approximate surface area is 110 Å². The molecule has 1 fully saturated rings. The van der Waals surface area contributed by atoms with Crippen LogP contribution < -0.4 is 5.32 Å². The number of carboxylic acids is 1. The van der Waals surface area contributed by atoms with E-state index >= 15 is 0 Å². The second kappa shape index (κ2) is 4.53. The van der Waals surface area contributed by atoms with Crippen molar-refractivity contribution in [3.63, 3.8) is 0 Å². The topological polar surface area (TPSA) is 92.5 Å². The van der Waals surface area contributed by atoms with E-state index in [4.69, 9.17) is 5.11 Å². The first kappa shape index (κ1) is 13.3. The smallest absolute Gasteiger partial charge is 0.337 e. The van der Waals surface area contributed by atoms with Crippen LogP contribution in [0.25, 0.3) is 0 Å². The number of hydrogen-bond acceptors (Lipinski definition) is 4. The van der Waals surface area contributed by atoms with Crippen LogP contribution in [-0.4, -0.2) is 22.5 Å². The Morgan fingerprint density at radius 3 is 2.68 bits per heavy atom. The molecule has 0 spiro atoms. The van der Waals surface area contributed by atoms with E-state index < -0.39 is 10.9 Å². The van der Waals surface area contributed by atoms with Crippen LogP contribution in [-0.2, 0) is 0 Å². The van der Waals surface area contributed by atoms with Gasteiger partial charge in [-0.1, -0.05) is 13.8 Å². The number of anilines is 1. The first-order chi connectivity index (χ1) is 8.81. The van der Waals surface area contributed by atoms with Gasteiger partial charge in [0.15, 0.2) is 0 Å². The van der Waals surface area contributed by atoms with E-state index in [0.29, 0.717) is 18.2 Å². The summed E-state index contributed by atoms with van der Waals surface area (Å²) >= 11 is 0. The van der Waals surface area contributed by atoms with E-state index in [9.17, 15) is 14.9 Å². The monoisotopic (exact) mass is 264 g/mol. The van der Waals surface area contributed by atoms with Gasteiger partial charge < -0.3 is 10.4 Å². The van der Waals surface area contributed by atoms with Crippen LogP contribution in [0.2, 0.25) is 0 Å². The molecule has 1 aliphatic rings. The summed E-state index contributed by atoms with van der Waals surface area (Å²) in [6.07, 6.45) is 1.08. The molecule has 19 heavy (non-hydrogen) atoms. The summed E-state index contributed by atoms with van der Waals surface area (Å²) in [6, 6.07) is 3.75. The maximum Gasteiger partial charge on any atom is 0.337 e. The lowest BCUT2D eigenvalue weighted by molar-refractivity contribution is -0.384. The van der Waals surface area contributed by atoms with Crippen LogP contribution >= 0.6 is 0 Å². The van der Waals surface area contributed by atoms with Crippen LogP contribution in [0.3, 0.4) is 0 Å². The van der Waals surface area contributed by atoms with Crippen molar-refractivity contribution >= 4 is 17.3 Å². The highest BCUT2D eigenvalue weighted by Crippen LogP contribution is 2.51. The maximum atomic E-state index is 11.1. The lowest BCUT2D eigenvalue weighted by Gasteiger charge is -2.10. The minimum atomic E-state index is -1.09. The third-order valence-corrected chi connectivity index (χ3v) is 3.70. The predicted molar refractivity (Wildman–Crippen MR) is 70.4 cm³/mol. The number of hydrogen-bond donors (Lipinski definition) is 2. The third kappa shape index (κ3) is 2.83. The summed E-state index contributed by atoms with van der Waals surface area (Å²) in [5, 5.41) is 22.8. The third-order valence-electron chi connectivity index (χ3n) is 3.70. The summed E-state index contributed by atoms with van der Waals surface area (Å²) in [4.78, 5) is 21.3. The summed E-state index contributed by atoms with van der Waals surface area (Å²) in [5.41, 5.74) is 0.535. The zero-order valence-electron chi connectivity index (χ0n) is 10.8. The van der Waals surface area contributed by atoms with Crippen LogP contribution in [0.15, 0.2) is 18.2 Å². The molecule has 0 aliphatic heterocycles. The molecule has 0 heterocycles. The fourth-order valence-electron chi connectivity index (χ4n) is 2.14. The highest BCUT2D eigenvalue weighted by atomic mass is 16.6. The van der Waals surface area contributed by atoms with E-state index in [1.807, 2.05) is 0 Å². The lowest BCUT2D eigenvalue weighted by Crippen LogP contribution is -2.11. The first-order valence-electron chi connectivity index (χ1n) is 6.07. The SMILES string of the molecule is CC1(C)CC1CNc1cc([N+](=O)[O-])ccc1C(=O)O. The van der Waals surface area contributed by atoms with Crippen LogP contribution in [0.5, 0.6) is 0 Å². The molecule has 1 aromatic rings. The number of benzene rings is 1. The second-order valence-electron chi connectivity index (χ2n) is 5.56. The minimum Gasteiger partial charge on any atom is -0.478 e. The lowest BCUT2D eigenvalue weighted by atomic mass is 10.1. The van der Waals surface area contributed by atoms with E-state index in [-0.39, 0.29) is 16.7 Å². The molecule has 6 heteroatoms. The molecule has 0 aromatic heterocycles. The Bertz CT molecular complexity index is 539. The molecule has 1 atom stereocenters. The number of non-ortho nitro benzene ring substituents is 1. The average Bonchev–Trinajstić information content (AvgIpc) is 2.93. The number of rotatable bonds is 5. The largest absolute Gasteiger partial charge is 0.478 e. The molecule has 6 nitrogen and oxygen atoms in total. The van der Waals surface area contributed by atoms with Gasteiger partial charge in [-0.15, -0.1) is 0 Å². The van der Waals surface area contributed by atoms with Crippen molar-refractivity contribution < 1.29 is 14.8 Å². The van der Waals surface area contributed by atoms with Crippen molar-refractivity contribution in [1.29, 1.82) is 0 Å². The Hall–Kier alpha value is -2.11. The molecule has 1 aliphatic carbocycles. The van der Waals surface area contributed by atoms with Gasteiger partial charge in [0.05, 0.1) is 16.2 Å². The molecule has 0 saturated heterocycles. The first-order valence-corrected chi connectivity index (χ1v) is 6.07. The normalized spacial score (nSPS) is 19.8. The van der Waals surface area contributed by atoms with Crippen molar-refractivity contribution in [3.8, 4) is 0 Å². The number of nitrogens with zero attached hydrogens (tertiary/aromatic N) is 1. The second-order valence-corrected chi connectivity index (χ2v) is 5.56. The van der Waals surface area contributed by atoms with Crippen LogP contribution in [0.4, 0.5) is 11.4 Å². The molecule has 0 amide bonds. The molecule has 1 aromatic carbocycles. The molecular formula is C13H16N2O4. The average molecular weight is 264 g/mol. The van der Waals surface area contributed by atoms with Gasteiger partial charge in [0.1, 0.15) is 0 Å². The van der Waals surface area contributed by atoms with E-state index in [0.717, 1.165) is 6.42 Å². The molecule has 102 valence electrons. The van der Waals surface area contributed by atoms with Gasteiger partial charge in [-0.25, -0.2) is 4.79 Å². The van der Waals surface area contributed by atoms with Crippen LogP contribution in [0.1, 0.15) is 30.6 Å². The molecule has 2 N–H and O–H groups in total. The number of carbonyl (C=O) groups is 1. The molecule has 1 unspecified atom stereocenters. The van der Waals surface area contributed by atoms with Gasteiger partial charge >= 0.3 is 5.97 Å². The van der Waals surface area contributed by atoms with Crippen molar-refractivity contribution in [3.05, 3.63) is 33.9 Å². The molecule has 2 rings (SSSR count). The van der Waals surface area contributed by atoms with Gasteiger partial charge in [-0.05, 0) is 23.8 Å². The summed E-state index contributed by atoms with van der Waals surface area (Å²) in [6.45, 7) is 4.92. The van der Waals surface area contributed by atoms with Gasteiger partial charge in [-0.2, -0.15) is 0 Å². The van der Waals surface area contributed by atoms with Gasteiger partial charge in [0.25, 0.3) is 5.69 Å². The zero-order valence-corrected chi connectivity index (χ0v) is 10.8. The van der Waals surface area contributed by atoms with Gasteiger partial charge in [0.2, 0.25) is 0 Å². The highest BCUT2D eigenvalue weighted by Gasteiger charge is 2.45. The predicted octanol–water partition coefficient (Wildman–Crippen LogP) is 2.75. The quantitative estimate of drug-likeness (QED) is 0.630. The minimum absolute atomic E-state index is 0.0593. The number of nitro groups is 1. The molecule has 1 saturated carbocycles. The van der Waals surface area contributed by atoms with E-state index in [1.165, 1.54) is 18.2 Å². The summed E-state index contributed by atoms with van der Waals surface area (Å²) in [7, 11) is 0. The van der Waals surface area contributed by atoms with E-state index in [1.54, 1.807) is 0 Å². The summed E-state index contributed by atoms with van der Waals surface area (Å²) in [5.74, 6) is -0.610. The number of carboxylic acid groups (broad SMARTS) is 1. The maximum absolute atomic E-state index is 11.1. The highest BCUT2D eigenvalue weighted by molar-refractivity contribution is 5.94. The van der Waals surface area contributed by atoms with Crippen molar-refractivity contribution in [2.45, 2.75) is 20.3 Å². The zero-order chi connectivity index (χ0) is 14.2. The van der Waals surface area contributed by atoms with Crippen molar-refractivity contribution in [1.82, 2.24) is 0 Å². The Kier molecular flexibility index (Phi) is 3.18. The number of nitro benzene ring substituents is 1. The van der Waals surface area contributed by atoms with Gasteiger partial charge in [0, 0.05) is 18.7 Å². The van der Waals surface area contributed by atoms with Crippen LogP contribution in [0, 0.1) is 21.4 Å². The number of aromatic carboxylic acids is 1. The fraction of sp³-hybridized carbons (Fsp3) is 0.462. The number of nitrogens with one attached hydrogen (secondary N) is 1. The molecule has 0 bridgehead atoms. The van der Waals surface area contributed by atoms with E-state index in [2.05, 4.69) is 19.2 Å². The Morgan fingerprint density at radius 2 is 2.21 bits per heavy atom.